The van der Waals surface area contributed by atoms with Crippen molar-refractivity contribution in [2.75, 3.05) is 26.7 Å². The number of ether oxygens (including phenoxy) is 1. The van der Waals surface area contributed by atoms with Gasteiger partial charge in [-0.1, -0.05) is 30.9 Å². The van der Waals surface area contributed by atoms with E-state index in [4.69, 9.17) is 4.74 Å². The number of halogens is 3. The lowest BCUT2D eigenvalue weighted by Gasteiger charge is -2.39. The van der Waals surface area contributed by atoms with Crippen molar-refractivity contribution in [2.24, 2.45) is 5.92 Å². The second-order valence-electron chi connectivity index (χ2n) is 10.9. The molecule has 1 aromatic heterocycles. The number of amides is 1. The molecule has 1 aliphatic heterocycles. The van der Waals surface area contributed by atoms with Crippen molar-refractivity contribution in [1.82, 2.24) is 15.2 Å². The lowest BCUT2D eigenvalue weighted by atomic mass is 9.82. The van der Waals surface area contributed by atoms with E-state index in [-0.39, 0.29) is 30.0 Å². The van der Waals surface area contributed by atoms with Crippen LogP contribution in [0.15, 0.2) is 36.0 Å². The zero-order chi connectivity index (χ0) is 26.9. The molecular weight excluding hydrogens is 491 g/mol. The number of benzene rings is 1. The summed E-state index contributed by atoms with van der Waals surface area (Å²) in [5, 5.41) is 2.72. The Balaban J connectivity index is 1.24. The SMILES string of the molecule is CNC(=O)C1CN(CC2=C(C)c3ccc(OCc4cc(C(F)(F)F)c(C5CCCCC5)cn4)cc3CC2)C1. The molecule has 5 nitrogen and oxygen atoms in total. The standard InChI is InChI=1S/C30H36F3N3O2/c1-19-22(15-36-16-23(17-36)29(37)34-2)9-8-21-12-25(10-11-26(19)21)38-18-24-13-28(30(31,32)33)27(14-35-24)20-6-4-3-5-7-20/h10-14,20,23H,3-9,15-18H2,1-2H3,(H,34,37). The van der Waals surface area contributed by atoms with Crippen LogP contribution < -0.4 is 10.1 Å². The van der Waals surface area contributed by atoms with Crippen molar-refractivity contribution in [2.45, 2.75) is 70.6 Å². The smallest absolute Gasteiger partial charge is 0.416 e. The summed E-state index contributed by atoms with van der Waals surface area (Å²) >= 11 is 0. The fourth-order valence-corrected chi connectivity index (χ4v) is 6.16. The lowest BCUT2D eigenvalue weighted by molar-refractivity contribution is -0.138. The maximum Gasteiger partial charge on any atom is 0.416 e. The van der Waals surface area contributed by atoms with Gasteiger partial charge < -0.3 is 10.1 Å². The number of carbonyl (C=O) groups is 1. The Kier molecular flexibility index (Phi) is 7.80. The quantitative estimate of drug-likeness (QED) is 0.471. The maximum absolute atomic E-state index is 13.9. The molecule has 1 N–H and O–H groups in total. The number of rotatable bonds is 7. The summed E-state index contributed by atoms with van der Waals surface area (Å²) in [6, 6.07) is 7.11. The van der Waals surface area contributed by atoms with E-state index in [0.29, 0.717) is 11.3 Å². The van der Waals surface area contributed by atoms with Crippen LogP contribution in [-0.2, 0) is 24.0 Å². The molecule has 1 saturated carbocycles. The Bertz CT molecular complexity index is 1210. The van der Waals surface area contributed by atoms with Crippen LogP contribution in [-0.4, -0.2) is 42.5 Å². The van der Waals surface area contributed by atoms with Gasteiger partial charge in [0.25, 0.3) is 0 Å². The van der Waals surface area contributed by atoms with Gasteiger partial charge >= 0.3 is 6.18 Å². The van der Waals surface area contributed by atoms with Gasteiger partial charge in [0.05, 0.1) is 17.2 Å². The molecule has 8 heteroatoms. The highest BCUT2D eigenvalue weighted by atomic mass is 19.4. The minimum atomic E-state index is -4.41. The molecule has 38 heavy (non-hydrogen) atoms. The molecule has 2 fully saturated rings. The van der Waals surface area contributed by atoms with Crippen LogP contribution in [0.4, 0.5) is 13.2 Å². The van der Waals surface area contributed by atoms with Crippen LogP contribution in [0, 0.1) is 5.92 Å². The van der Waals surface area contributed by atoms with Crippen molar-refractivity contribution in [1.29, 1.82) is 0 Å². The monoisotopic (exact) mass is 527 g/mol. The van der Waals surface area contributed by atoms with Gasteiger partial charge in [-0.3, -0.25) is 14.7 Å². The molecule has 1 amide bonds. The van der Waals surface area contributed by atoms with Crippen molar-refractivity contribution in [3.63, 3.8) is 0 Å². The number of carbonyl (C=O) groups excluding carboxylic acids is 1. The second kappa shape index (κ2) is 11.1. The summed E-state index contributed by atoms with van der Waals surface area (Å²) < 4.78 is 47.6. The van der Waals surface area contributed by atoms with Crippen molar-refractivity contribution in [3.05, 3.63) is 64.0 Å². The van der Waals surface area contributed by atoms with E-state index >= 15 is 0 Å². The molecular formula is C30H36F3N3O2. The number of aryl methyl sites for hydroxylation is 1. The molecule has 3 aliphatic rings. The van der Waals surface area contributed by atoms with E-state index in [0.717, 1.165) is 64.6 Å². The first kappa shape index (κ1) is 26.7. The van der Waals surface area contributed by atoms with Gasteiger partial charge in [-0.25, -0.2) is 0 Å². The van der Waals surface area contributed by atoms with Crippen LogP contribution in [0.2, 0.25) is 0 Å². The molecule has 5 rings (SSSR count). The number of alkyl halides is 3. The van der Waals surface area contributed by atoms with Gasteiger partial charge in [0.1, 0.15) is 12.4 Å². The number of fused-ring (bicyclic) bond motifs is 1. The van der Waals surface area contributed by atoms with E-state index in [1.165, 1.54) is 34.5 Å². The Hall–Kier alpha value is -2.87. The molecule has 2 heterocycles. The molecule has 0 radical (unpaired) electrons. The number of nitrogens with zero attached hydrogens (tertiary/aromatic N) is 2. The number of nitrogens with one attached hydrogen (secondary N) is 1. The third kappa shape index (κ3) is 5.75. The van der Waals surface area contributed by atoms with Crippen molar-refractivity contribution >= 4 is 11.5 Å². The Morgan fingerprint density at radius 3 is 2.61 bits per heavy atom. The van der Waals surface area contributed by atoms with Gasteiger partial charge in [0, 0.05) is 32.9 Å². The first-order chi connectivity index (χ1) is 18.2. The van der Waals surface area contributed by atoms with E-state index in [1.807, 2.05) is 18.2 Å². The van der Waals surface area contributed by atoms with Crippen molar-refractivity contribution in [3.8, 4) is 5.75 Å². The molecule has 0 spiro atoms. The van der Waals surface area contributed by atoms with Crippen LogP contribution in [0.25, 0.3) is 5.57 Å². The van der Waals surface area contributed by atoms with E-state index in [2.05, 4.69) is 22.1 Å². The fourth-order valence-electron chi connectivity index (χ4n) is 6.16. The molecule has 204 valence electrons. The van der Waals surface area contributed by atoms with Crippen LogP contribution >= 0.6 is 0 Å². The zero-order valence-corrected chi connectivity index (χ0v) is 22.2. The average molecular weight is 528 g/mol. The van der Waals surface area contributed by atoms with E-state index < -0.39 is 11.7 Å². The summed E-state index contributed by atoms with van der Waals surface area (Å²) in [6.07, 6.45) is 3.47. The fraction of sp³-hybridized carbons (Fsp3) is 0.533. The molecule has 1 aromatic carbocycles. The highest BCUT2D eigenvalue weighted by Crippen LogP contribution is 2.41. The minimum absolute atomic E-state index is 0.00561. The number of hydrogen-bond acceptors (Lipinski definition) is 4. The number of hydrogen-bond donors (Lipinski definition) is 1. The number of likely N-dealkylation sites (tertiary alicyclic amines) is 1. The van der Waals surface area contributed by atoms with Gasteiger partial charge in [0.15, 0.2) is 0 Å². The average Bonchev–Trinajstić information content (AvgIpc) is 2.90. The highest BCUT2D eigenvalue weighted by molar-refractivity contribution is 5.79. The Morgan fingerprint density at radius 1 is 1.13 bits per heavy atom. The summed E-state index contributed by atoms with van der Waals surface area (Å²) in [6.45, 7) is 4.60. The first-order valence-electron chi connectivity index (χ1n) is 13.7. The topological polar surface area (TPSA) is 54.5 Å². The number of pyridine rings is 1. The third-order valence-electron chi connectivity index (χ3n) is 8.42. The minimum Gasteiger partial charge on any atom is -0.487 e. The molecule has 0 bridgehead atoms. The number of aromatic nitrogens is 1. The van der Waals surface area contributed by atoms with Crippen LogP contribution in [0.5, 0.6) is 5.75 Å². The predicted octanol–water partition coefficient (Wildman–Crippen LogP) is 6.12. The van der Waals surface area contributed by atoms with Gasteiger partial charge in [-0.05, 0) is 79.0 Å². The summed E-state index contributed by atoms with van der Waals surface area (Å²) in [5.74, 6) is 0.769. The van der Waals surface area contributed by atoms with Crippen LogP contribution in [0.3, 0.4) is 0 Å². The Labute approximate surface area is 222 Å². The van der Waals surface area contributed by atoms with Gasteiger partial charge in [0.2, 0.25) is 5.91 Å². The number of allylic oxidation sites excluding steroid dienone is 1. The molecule has 0 unspecified atom stereocenters. The first-order valence-corrected chi connectivity index (χ1v) is 13.7. The lowest BCUT2D eigenvalue weighted by Crippen LogP contribution is -2.53. The summed E-state index contributed by atoms with van der Waals surface area (Å²) in [7, 11) is 1.68. The largest absolute Gasteiger partial charge is 0.487 e. The summed E-state index contributed by atoms with van der Waals surface area (Å²) in [4.78, 5) is 18.4. The predicted molar refractivity (Wildman–Crippen MR) is 141 cm³/mol. The van der Waals surface area contributed by atoms with Crippen molar-refractivity contribution < 1.29 is 22.7 Å². The highest BCUT2D eigenvalue weighted by Gasteiger charge is 2.36. The summed E-state index contributed by atoms with van der Waals surface area (Å²) in [5.41, 5.74) is 5.08. The van der Waals surface area contributed by atoms with Gasteiger partial charge in [-0.2, -0.15) is 13.2 Å². The molecule has 2 aliphatic carbocycles. The normalized spacial score (nSPS) is 19.2. The van der Waals surface area contributed by atoms with E-state index in [1.54, 1.807) is 7.05 Å². The second-order valence-corrected chi connectivity index (χ2v) is 10.9. The zero-order valence-electron chi connectivity index (χ0n) is 22.2. The molecule has 2 aromatic rings. The van der Waals surface area contributed by atoms with E-state index in [9.17, 15) is 18.0 Å². The maximum atomic E-state index is 13.9. The van der Waals surface area contributed by atoms with Gasteiger partial charge in [-0.15, -0.1) is 0 Å². The molecule has 1 saturated heterocycles. The Morgan fingerprint density at radius 2 is 1.89 bits per heavy atom. The molecule has 0 atom stereocenters. The van der Waals surface area contributed by atoms with Crippen LogP contribution in [0.1, 0.15) is 79.3 Å². The third-order valence-corrected chi connectivity index (χ3v) is 8.42.